The molecule has 2 N–H and O–H groups in total. The van der Waals surface area contributed by atoms with E-state index >= 15 is 0 Å². The Kier molecular flexibility index (Phi) is 4.31. The molecule has 110 valence electrons. The second kappa shape index (κ2) is 6.37. The molecule has 0 bridgehead atoms. The van der Waals surface area contributed by atoms with Crippen molar-refractivity contribution in [2.75, 3.05) is 13.2 Å². The number of aromatic nitrogens is 1. The molecule has 1 aromatic heterocycles. The van der Waals surface area contributed by atoms with E-state index in [4.69, 9.17) is 27.4 Å². The Hall–Kier alpha value is -1.72. The van der Waals surface area contributed by atoms with Crippen molar-refractivity contribution in [3.8, 4) is 5.88 Å². The average molecular weight is 302 g/mol. The van der Waals surface area contributed by atoms with Crippen LogP contribution in [0, 0.1) is 0 Å². The van der Waals surface area contributed by atoms with Gasteiger partial charge in [0.1, 0.15) is 11.6 Å². The summed E-state index contributed by atoms with van der Waals surface area (Å²) in [6, 6.07) is 9.59. The van der Waals surface area contributed by atoms with Gasteiger partial charge < -0.3 is 15.2 Å². The van der Waals surface area contributed by atoms with Crippen LogP contribution >= 0.6 is 12.2 Å². The summed E-state index contributed by atoms with van der Waals surface area (Å²) in [5, 5.41) is 0.950. The standard InChI is InChI=1S/C16H18N2O2S/c17-16(21)13-9-15(18-14-7-2-1-6-12(13)14)20-10-11-5-3-4-8-19-11/h1-2,6-7,9,11H,3-5,8,10H2,(H2,17,21). The van der Waals surface area contributed by atoms with Gasteiger partial charge in [0.25, 0.3) is 0 Å². The molecule has 1 aliphatic rings. The van der Waals surface area contributed by atoms with Crippen molar-refractivity contribution < 1.29 is 9.47 Å². The maximum atomic E-state index is 5.81. The summed E-state index contributed by atoms with van der Waals surface area (Å²) < 4.78 is 11.5. The van der Waals surface area contributed by atoms with E-state index in [0.717, 1.165) is 35.9 Å². The second-order valence-electron chi connectivity index (χ2n) is 5.19. The molecule has 21 heavy (non-hydrogen) atoms. The molecule has 0 radical (unpaired) electrons. The average Bonchev–Trinajstić information content (AvgIpc) is 2.53. The molecule has 2 heterocycles. The summed E-state index contributed by atoms with van der Waals surface area (Å²) in [4.78, 5) is 4.86. The molecular weight excluding hydrogens is 284 g/mol. The predicted molar refractivity (Wildman–Crippen MR) is 86.7 cm³/mol. The van der Waals surface area contributed by atoms with Gasteiger partial charge >= 0.3 is 0 Å². The lowest BCUT2D eigenvalue weighted by Gasteiger charge is -2.22. The fourth-order valence-corrected chi connectivity index (χ4v) is 2.71. The monoisotopic (exact) mass is 302 g/mol. The molecule has 0 aliphatic carbocycles. The van der Waals surface area contributed by atoms with E-state index in [1.165, 1.54) is 6.42 Å². The maximum Gasteiger partial charge on any atom is 0.214 e. The third-order valence-electron chi connectivity index (χ3n) is 3.65. The molecule has 1 unspecified atom stereocenters. The van der Waals surface area contributed by atoms with Crippen LogP contribution in [0.5, 0.6) is 5.88 Å². The van der Waals surface area contributed by atoms with Crippen LogP contribution in [0.2, 0.25) is 0 Å². The van der Waals surface area contributed by atoms with Crippen LogP contribution in [-0.4, -0.2) is 29.3 Å². The quantitative estimate of drug-likeness (QED) is 0.880. The number of thiocarbonyl (C=S) groups is 1. The number of fused-ring (bicyclic) bond motifs is 1. The summed E-state index contributed by atoms with van der Waals surface area (Å²) in [6.07, 6.45) is 3.52. The predicted octanol–water partition coefficient (Wildman–Crippen LogP) is 2.82. The van der Waals surface area contributed by atoms with Gasteiger partial charge in [0.15, 0.2) is 0 Å². The highest BCUT2D eigenvalue weighted by Gasteiger charge is 2.15. The Morgan fingerprint density at radius 1 is 1.38 bits per heavy atom. The fourth-order valence-electron chi connectivity index (χ4n) is 2.55. The van der Waals surface area contributed by atoms with Crippen molar-refractivity contribution in [3.05, 3.63) is 35.9 Å². The number of ether oxygens (including phenoxy) is 2. The van der Waals surface area contributed by atoms with E-state index in [-0.39, 0.29) is 6.10 Å². The summed E-state index contributed by atoms with van der Waals surface area (Å²) in [7, 11) is 0. The summed E-state index contributed by atoms with van der Waals surface area (Å²) in [5.41, 5.74) is 7.45. The Morgan fingerprint density at radius 3 is 3.00 bits per heavy atom. The number of hydrogen-bond donors (Lipinski definition) is 1. The molecule has 5 heteroatoms. The van der Waals surface area contributed by atoms with Gasteiger partial charge in [-0.05, 0) is 25.3 Å². The van der Waals surface area contributed by atoms with Crippen molar-refractivity contribution in [1.82, 2.24) is 4.98 Å². The lowest BCUT2D eigenvalue weighted by molar-refractivity contribution is -0.0118. The van der Waals surface area contributed by atoms with Crippen LogP contribution in [0.1, 0.15) is 24.8 Å². The first-order valence-electron chi connectivity index (χ1n) is 7.18. The molecule has 3 rings (SSSR count). The Balaban J connectivity index is 1.83. The fraction of sp³-hybridized carbons (Fsp3) is 0.375. The van der Waals surface area contributed by atoms with Crippen LogP contribution < -0.4 is 10.5 Å². The largest absolute Gasteiger partial charge is 0.475 e. The highest BCUT2D eigenvalue weighted by molar-refractivity contribution is 7.80. The molecule has 0 amide bonds. The molecule has 1 fully saturated rings. The van der Waals surface area contributed by atoms with Crippen LogP contribution in [0.25, 0.3) is 10.9 Å². The first-order valence-corrected chi connectivity index (χ1v) is 7.59. The number of nitrogens with zero attached hydrogens (tertiary/aromatic N) is 1. The summed E-state index contributed by atoms with van der Waals surface area (Å²) in [5.74, 6) is 0.547. The zero-order chi connectivity index (χ0) is 14.7. The minimum Gasteiger partial charge on any atom is -0.475 e. The van der Waals surface area contributed by atoms with E-state index in [1.54, 1.807) is 0 Å². The lowest BCUT2D eigenvalue weighted by Crippen LogP contribution is -2.26. The van der Waals surface area contributed by atoms with Gasteiger partial charge in [0.2, 0.25) is 5.88 Å². The Labute approximate surface area is 129 Å². The number of hydrogen-bond acceptors (Lipinski definition) is 4. The van der Waals surface area contributed by atoms with E-state index in [9.17, 15) is 0 Å². The SMILES string of the molecule is NC(=S)c1cc(OCC2CCCCO2)nc2ccccc12. The number of nitrogens with two attached hydrogens (primary N) is 1. The Bertz CT molecular complexity index is 654. The summed E-state index contributed by atoms with van der Waals surface area (Å²) in [6.45, 7) is 1.33. The van der Waals surface area contributed by atoms with Gasteiger partial charge in [-0.15, -0.1) is 0 Å². The van der Waals surface area contributed by atoms with Gasteiger partial charge in [-0.25, -0.2) is 4.98 Å². The van der Waals surface area contributed by atoms with Crippen molar-refractivity contribution in [3.63, 3.8) is 0 Å². The van der Waals surface area contributed by atoms with Crippen LogP contribution in [-0.2, 0) is 4.74 Å². The number of para-hydroxylation sites is 1. The van der Waals surface area contributed by atoms with E-state index in [0.29, 0.717) is 17.5 Å². The third kappa shape index (κ3) is 3.31. The van der Waals surface area contributed by atoms with Crippen molar-refractivity contribution in [2.45, 2.75) is 25.4 Å². The van der Waals surface area contributed by atoms with Gasteiger partial charge in [0, 0.05) is 23.6 Å². The van der Waals surface area contributed by atoms with Gasteiger partial charge in [-0.2, -0.15) is 0 Å². The molecule has 1 saturated heterocycles. The minimum atomic E-state index is 0.153. The van der Waals surface area contributed by atoms with Crippen molar-refractivity contribution >= 4 is 28.1 Å². The zero-order valence-electron chi connectivity index (χ0n) is 11.7. The van der Waals surface area contributed by atoms with E-state index in [1.807, 2.05) is 30.3 Å². The highest BCUT2D eigenvalue weighted by Crippen LogP contribution is 2.23. The second-order valence-corrected chi connectivity index (χ2v) is 5.63. The molecular formula is C16H18N2O2S. The van der Waals surface area contributed by atoms with Crippen molar-refractivity contribution in [1.29, 1.82) is 0 Å². The summed E-state index contributed by atoms with van der Waals surface area (Å²) >= 11 is 5.13. The molecule has 1 aliphatic heterocycles. The van der Waals surface area contributed by atoms with Gasteiger partial charge in [0.05, 0.1) is 11.6 Å². The smallest absolute Gasteiger partial charge is 0.214 e. The lowest BCUT2D eigenvalue weighted by atomic mass is 10.1. The minimum absolute atomic E-state index is 0.153. The number of benzene rings is 1. The maximum absolute atomic E-state index is 5.81. The van der Waals surface area contributed by atoms with Crippen LogP contribution in [0.15, 0.2) is 30.3 Å². The first-order chi connectivity index (χ1) is 10.2. The zero-order valence-corrected chi connectivity index (χ0v) is 12.6. The van der Waals surface area contributed by atoms with Crippen LogP contribution in [0.4, 0.5) is 0 Å². The highest BCUT2D eigenvalue weighted by atomic mass is 32.1. The van der Waals surface area contributed by atoms with E-state index in [2.05, 4.69) is 4.98 Å². The molecule has 1 aromatic carbocycles. The van der Waals surface area contributed by atoms with E-state index < -0.39 is 0 Å². The molecule has 0 spiro atoms. The Morgan fingerprint density at radius 2 is 2.24 bits per heavy atom. The van der Waals surface area contributed by atoms with Gasteiger partial charge in [-0.3, -0.25) is 0 Å². The van der Waals surface area contributed by atoms with Gasteiger partial charge in [-0.1, -0.05) is 30.4 Å². The molecule has 1 atom stereocenters. The van der Waals surface area contributed by atoms with Crippen LogP contribution in [0.3, 0.4) is 0 Å². The van der Waals surface area contributed by atoms with Crippen molar-refractivity contribution in [2.24, 2.45) is 5.73 Å². The molecule has 4 nitrogen and oxygen atoms in total. The molecule has 0 saturated carbocycles. The molecule has 2 aromatic rings. The topological polar surface area (TPSA) is 57.4 Å². The number of rotatable bonds is 4. The first kappa shape index (κ1) is 14.2. The third-order valence-corrected chi connectivity index (χ3v) is 3.87. The normalized spacial score (nSPS) is 18.6. The number of pyridine rings is 1.